The lowest BCUT2D eigenvalue weighted by Gasteiger charge is -2.15. The van der Waals surface area contributed by atoms with Crippen LogP contribution in [0.5, 0.6) is 0 Å². The highest BCUT2D eigenvalue weighted by molar-refractivity contribution is 5.94. The quantitative estimate of drug-likeness (QED) is 0.878. The van der Waals surface area contributed by atoms with Gasteiger partial charge < -0.3 is 15.0 Å². The fourth-order valence-corrected chi connectivity index (χ4v) is 2.25. The molecular weight excluding hydrogens is 256 g/mol. The molecule has 0 radical (unpaired) electrons. The van der Waals surface area contributed by atoms with Gasteiger partial charge in [-0.1, -0.05) is 12.1 Å². The van der Waals surface area contributed by atoms with Gasteiger partial charge in [-0.05, 0) is 30.5 Å². The van der Waals surface area contributed by atoms with Crippen LogP contribution < -0.4 is 5.32 Å². The van der Waals surface area contributed by atoms with Crippen LogP contribution in [0.1, 0.15) is 28.8 Å². The van der Waals surface area contributed by atoms with Crippen molar-refractivity contribution < 1.29 is 14.3 Å². The molecule has 0 atom stereocenters. The van der Waals surface area contributed by atoms with E-state index in [1.807, 2.05) is 29.2 Å². The number of nitrogens with zero attached hydrogens (tertiary/aromatic N) is 1. The molecule has 1 aliphatic rings. The molecule has 1 fully saturated rings. The molecule has 1 N–H and O–H groups in total. The zero-order valence-electron chi connectivity index (χ0n) is 11.7. The summed E-state index contributed by atoms with van der Waals surface area (Å²) in [6, 6.07) is 7.38. The summed E-state index contributed by atoms with van der Waals surface area (Å²) in [5.74, 6) is -0.0535. The summed E-state index contributed by atoms with van der Waals surface area (Å²) >= 11 is 0. The van der Waals surface area contributed by atoms with Crippen molar-refractivity contribution in [3.05, 3.63) is 35.4 Å². The molecule has 0 unspecified atom stereocenters. The van der Waals surface area contributed by atoms with E-state index in [1.54, 1.807) is 0 Å². The molecule has 0 aromatic heterocycles. The van der Waals surface area contributed by atoms with Crippen molar-refractivity contribution in [2.24, 2.45) is 0 Å². The Labute approximate surface area is 118 Å². The van der Waals surface area contributed by atoms with Crippen molar-refractivity contribution >= 4 is 11.8 Å². The lowest BCUT2D eigenvalue weighted by Crippen LogP contribution is -2.28. The highest BCUT2D eigenvalue weighted by Gasteiger charge is 2.19. The van der Waals surface area contributed by atoms with Gasteiger partial charge in [0.1, 0.15) is 6.61 Å². The van der Waals surface area contributed by atoms with E-state index in [0.29, 0.717) is 12.1 Å². The zero-order chi connectivity index (χ0) is 14.4. The standard InChI is InChI=1S/C15H20N2O3/c1-20-11-14(18)16-10-12-4-6-13(7-5-12)15(19)17-8-2-3-9-17/h4-7H,2-3,8-11H2,1H3,(H,16,18). The summed E-state index contributed by atoms with van der Waals surface area (Å²) < 4.78 is 4.74. The van der Waals surface area contributed by atoms with Gasteiger partial charge >= 0.3 is 0 Å². The zero-order valence-corrected chi connectivity index (χ0v) is 11.7. The molecule has 5 nitrogen and oxygen atoms in total. The summed E-state index contributed by atoms with van der Waals surface area (Å²) in [6.07, 6.45) is 2.19. The number of amides is 2. The molecule has 0 spiro atoms. The Kier molecular flexibility index (Phi) is 5.12. The topological polar surface area (TPSA) is 58.6 Å². The predicted molar refractivity (Wildman–Crippen MR) is 75.3 cm³/mol. The van der Waals surface area contributed by atoms with Crippen LogP contribution in [0.25, 0.3) is 0 Å². The maximum absolute atomic E-state index is 12.1. The highest BCUT2D eigenvalue weighted by Crippen LogP contribution is 2.13. The number of rotatable bonds is 5. The van der Waals surface area contributed by atoms with Gasteiger partial charge in [0.25, 0.3) is 5.91 Å². The first-order valence-corrected chi connectivity index (χ1v) is 6.84. The van der Waals surface area contributed by atoms with Crippen molar-refractivity contribution in [1.82, 2.24) is 10.2 Å². The van der Waals surface area contributed by atoms with Crippen LogP contribution >= 0.6 is 0 Å². The molecule has 1 saturated heterocycles. The first kappa shape index (κ1) is 14.5. The van der Waals surface area contributed by atoms with Crippen molar-refractivity contribution in [3.8, 4) is 0 Å². The number of carbonyl (C=O) groups excluding carboxylic acids is 2. The largest absolute Gasteiger partial charge is 0.375 e. The lowest BCUT2D eigenvalue weighted by atomic mass is 10.1. The van der Waals surface area contributed by atoms with Crippen LogP contribution in [-0.2, 0) is 16.1 Å². The molecule has 1 heterocycles. The Hall–Kier alpha value is -1.88. The third kappa shape index (κ3) is 3.81. The van der Waals surface area contributed by atoms with Gasteiger partial charge in [0.15, 0.2) is 0 Å². The third-order valence-electron chi connectivity index (χ3n) is 3.36. The van der Waals surface area contributed by atoms with Crippen molar-refractivity contribution in [2.45, 2.75) is 19.4 Å². The summed E-state index contributed by atoms with van der Waals surface area (Å²) in [7, 11) is 1.48. The molecule has 1 aromatic rings. The number of hydrogen-bond acceptors (Lipinski definition) is 3. The molecule has 108 valence electrons. The van der Waals surface area contributed by atoms with E-state index in [-0.39, 0.29) is 18.4 Å². The minimum atomic E-state index is -0.148. The fourth-order valence-electron chi connectivity index (χ4n) is 2.25. The van der Waals surface area contributed by atoms with E-state index in [4.69, 9.17) is 4.74 Å². The van der Waals surface area contributed by atoms with Crippen LogP contribution in [0, 0.1) is 0 Å². The smallest absolute Gasteiger partial charge is 0.253 e. The van der Waals surface area contributed by atoms with Crippen LogP contribution in [0.4, 0.5) is 0 Å². The second kappa shape index (κ2) is 7.05. The van der Waals surface area contributed by atoms with Gasteiger partial charge in [0.2, 0.25) is 5.91 Å². The van der Waals surface area contributed by atoms with E-state index >= 15 is 0 Å². The third-order valence-corrected chi connectivity index (χ3v) is 3.36. The minimum absolute atomic E-state index is 0.0610. The van der Waals surface area contributed by atoms with Crippen molar-refractivity contribution in [3.63, 3.8) is 0 Å². The maximum atomic E-state index is 12.1. The molecule has 2 amide bonds. The summed E-state index contributed by atoms with van der Waals surface area (Å²) in [4.78, 5) is 25.3. The molecule has 2 rings (SSSR count). The lowest BCUT2D eigenvalue weighted by molar-refractivity contribution is -0.124. The van der Waals surface area contributed by atoms with Crippen LogP contribution in [0.3, 0.4) is 0 Å². The minimum Gasteiger partial charge on any atom is -0.375 e. The highest BCUT2D eigenvalue weighted by atomic mass is 16.5. The Balaban J connectivity index is 1.89. The number of ether oxygens (including phenoxy) is 1. The summed E-state index contributed by atoms with van der Waals surface area (Å²) in [5, 5.41) is 2.74. The summed E-state index contributed by atoms with van der Waals surface area (Å²) in [6.45, 7) is 2.22. The molecule has 1 aliphatic heterocycles. The maximum Gasteiger partial charge on any atom is 0.253 e. The number of benzene rings is 1. The molecule has 0 saturated carbocycles. The molecular formula is C15H20N2O3. The Morgan fingerprint density at radius 3 is 2.45 bits per heavy atom. The van der Waals surface area contributed by atoms with Crippen LogP contribution in [0.15, 0.2) is 24.3 Å². The Bertz CT molecular complexity index is 465. The second-order valence-electron chi connectivity index (χ2n) is 4.91. The van der Waals surface area contributed by atoms with E-state index in [2.05, 4.69) is 5.32 Å². The van der Waals surface area contributed by atoms with Crippen molar-refractivity contribution in [2.75, 3.05) is 26.8 Å². The van der Waals surface area contributed by atoms with Gasteiger partial charge in [0, 0.05) is 32.3 Å². The van der Waals surface area contributed by atoms with E-state index in [9.17, 15) is 9.59 Å². The number of likely N-dealkylation sites (tertiary alicyclic amines) is 1. The van der Waals surface area contributed by atoms with E-state index in [0.717, 1.165) is 31.5 Å². The van der Waals surface area contributed by atoms with Gasteiger partial charge in [-0.15, -0.1) is 0 Å². The van der Waals surface area contributed by atoms with Gasteiger partial charge in [-0.25, -0.2) is 0 Å². The van der Waals surface area contributed by atoms with Gasteiger partial charge in [0.05, 0.1) is 0 Å². The number of carbonyl (C=O) groups is 2. The van der Waals surface area contributed by atoms with Crippen LogP contribution in [0.2, 0.25) is 0 Å². The van der Waals surface area contributed by atoms with Crippen LogP contribution in [-0.4, -0.2) is 43.5 Å². The van der Waals surface area contributed by atoms with Gasteiger partial charge in [-0.2, -0.15) is 0 Å². The molecule has 20 heavy (non-hydrogen) atoms. The second-order valence-corrected chi connectivity index (χ2v) is 4.91. The first-order chi connectivity index (χ1) is 9.70. The first-order valence-electron chi connectivity index (χ1n) is 6.84. The molecule has 1 aromatic carbocycles. The average Bonchev–Trinajstić information content (AvgIpc) is 2.99. The normalized spacial score (nSPS) is 14.3. The van der Waals surface area contributed by atoms with Gasteiger partial charge in [-0.3, -0.25) is 9.59 Å². The molecule has 0 bridgehead atoms. The number of nitrogens with one attached hydrogen (secondary N) is 1. The average molecular weight is 276 g/mol. The Morgan fingerprint density at radius 2 is 1.85 bits per heavy atom. The summed E-state index contributed by atoms with van der Waals surface area (Å²) in [5.41, 5.74) is 1.67. The fraction of sp³-hybridized carbons (Fsp3) is 0.467. The number of hydrogen-bond donors (Lipinski definition) is 1. The molecule has 5 heteroatoms. The number of methoxy groups -OCH3 is 1. The van der Waals surface area contributed by atoms with E-state index < -0.39 is 0 Å². The van der Waals surface area contributed by atoms with Crippen molar-refractivity contribution in [1.29, 1.82) is 0 Å². The SMILES string of the molecule is COCC(=O)NCc1ccc(C(=O)N2CCCC2)cc1. The monoisotopic (exact) mass is 276 g/mol. The van der Waals surface area contributed by atoms with E-state index in [1.165, 1.54) is 7.11 Å². The molecule has 0 aliphatic carbocycles. The Morgan fingerprint density at radius 1 is 1.20 bits per heavy atom. The predicted octanol–water partition coefficient (Wildman–Crippen LogP) is 1.19.